The van der Waals surface area contributed by atoms with Crippen molar-refractivity contribution in [3.63, 3.8) is 0 Å². The van der Waals surface area contributed by atoms with Crippen LogP contribution in [0.5, 0.6) is 0 Å². The molecular formula is C17H27NO2. The molecule has 1 aromatic rings. The van der Waals surface area contributed by atoms with Crippen LogP contribution in [0.25, 0.3) is 0 Å². The molecule has 1 aliphatic carbocycles. The lowest BCUT2D eigenvalue weighted by Gasteiger charge is -2.27. The van der Waals surface area contributed by atoms with E-state index in [0.29, 0.717) is 19.3 Å². The highest BCUT2D eigenvalue weighted by Gasteiger charge is 2.19. The summed E-state index contributed by atoms with van der Waals surface area (Å²) in [4.78, 5) is 0. The monoisotopic (exact) mass is 277 g/mol. The second-order valence-corrected chi connectivity index (χ2v) is 6.06. The number of aryl methyl sites for hydroxylation is 1. The Bertz CT molecular complexity index is 400. The van der Waals surface area contributed by atoms with Crippen LogP contribution in [0.3, 0.4) is 0 Å². The van der Waals surface area contributed by atoms with E-state index >= 15 is 0 Å². The summed E-state index contributed by atoms with van der Waals surface area (Å²) in [6.45, 7) is 5.33. The van der Waals surface area contributed by atoms with Crippen LogP contribution >= 0.6 is 0 Å². The Kier molecular flexibility index (Phi) is 5.86. The van der Waals surface area contributed by atoms with Crippen LogP contribution in [-0.2, 0) is 4.74 Å². The molecular weight excluding hydrogens is 250 g/mol. The van der Waals surface area contributed by atoms with Crippen molar-refractivity contribution in [3.05, 3.63) is 29.8 Å². The molecule has 112 valence electrons. The average molecular weight is 277 g/mol. The lowest BCUT2D eigenvalue weighted by atomic mass is 9.89. The molecule has 3 heteroatoms. The Hall–Kier alpha value is -1.06. The molecule has 1 fully saturated rings. The topological polar surface area (TPSA) is 41.5 Å². The zero-order chi connectivity index (χ0) is 14.4. The molecule has 0 aromatic heterocycles. The Morgan fingerprint density at radius 1 is 1.25 bits per heavy atom. The number of hydrogen-bond donors (Lipinski definition) is 2. The van der Waals surface area contributed by atoms with Gasteiger partial charge in [0.05, 0.1) is 18.8 Å². The standard InChI is InChI=1S/C17H27NO2/c1-13-7-9-16(10-8-13)20-12-15(19)11-18-17-6-4-3-5-14(17)2/h3-6,13,15-16,18-19H,7-12H2,1-2H3. The summed E-state index contributed by atoms with van der Waals surface area (Å²) >= 11 is 0. The SMILES string of the molecule is Cc1ccccc1NCC(O)COC1CCC(C)CC1. The highest BCUT2D eigenvalue weighted by Crippen LogP contribution is 2.25. The van der Waals surface area contributed by atoms with Crippen LogP contribution in [0.1, 0.15) is 38.2 Å². The Labute approximate surface area is 122 Å². The third-order valence-corrected chi connectivity index (χ3v) is 4.16. The van der Waals surface area contributed by atoms with E-state index in [1.54, 1.807) is 0 Å². The van der Waals surface area contributed by atoms with Gasteiger partial charge >= 0.3 is 0 Å². The lowest BCUT2D eigenvalue weighted by molar-refractivity contribution is -0.0245. The van der Waals surface area contributed by atoms with E-state index < -0.39 is 6.10 Å². The van der Waals surface area contributed by atoms with Crippen LogP contribution in [-0.4, -0.2) is 30.5 Å². The smallest absolute Gasteiger partial charge is 0.0945 e. The minimum atomic E-state index is -0.450. The third kappa shape index (κ3) is 4.80. The first-order valence-electron chi connectivity index (χ1n) is 7.74. The number of ether oxygens (including phenoxy) is 1. The van der Waals surface area contributed by atoms with Crippen molar-refractivity contribution < 1.29 is 9.84 Å². The molecule has 20 heavy (non-hydrogen) atoms. The van der Waals surface area contributed by atoms with Crippen molar-refractivity contribution in [1.82, 2.24) is 0 Å². The van der Waals surface area contributed by atoms with Crippen LogP contribution in [0.15, 0.2) is 24.3 Å². The fourth-order valence-electron chi connectivity index (χ4n) is 2.70. The van der Waals surface area contributed by atoms with Gasteiger partial charge in [0.2, 0.25) is 0 Å². The number of anilines is 1. The molecule has 0 amide bonds. The summed E-state index contributed by atoms with van der Waals surface area (Å²) in [7, 11) is 0. The van der Waals surface area contributed by atoms with E-state index in [9.17, 15) is 5.11 Å². The highest BCUT2D eigenvalue weighted by atomic mass is 16.5. The normalized spacial score (nSPS) is 24.4. The van der Waals surface area contributed by atoms with Gasteiger partial charge in [-0.3, -0.25) is 0 Å². The number of nitrogens with one attached hydrogen (secondary N) is 1. The second-order valence-electron chi connectivity index (χ2n) is 6.06. The van der Waals surface area contributed by atoms with Gasteiger partial charge < -0.3 is 15.2 Å². The molecule has 3 nitrogen and oxygen atoms in total. The van der Waals surface area contributed by atoms with E-state index in [4.69, 9.17) is 4.74 Å². The van der Waals surface area contributed by atoms with Gasteiger partial charge in [-0.05, 0) is 50.2 Å². The molecule has 0 aliphatic heterocycles. The summed E-state index contributed by atoms with van der Waals surface area (Å²) in [5.41, 5.74) is 2.28. The fourth-order valence-corrected chi connectivity index (χ4v) is 2.70. The summed E-state index contributed by atoms with van der Waals surface area (Å²) in [6, 6.07) is 8.12. The molecule has 1 unspecified atom stereocenters. The maximum atomic E-state index is 10.00. The number of aliphatic hydroxyl groups is 1. The molecule has 0 saturated heterocycles. The van der Waals surface area contributed by atoms with Gasteiger partial charge in [0.1, 0.15) is 0 Å². The molecule has 0 radical (unpaired) electrons. The van der Waals surface area contributed by atoms with Gasteiger partial charge in [-0.25, -0.2) is 0 Å². The van der Waals surface area contributed by atoms with Gasteiger partial charge in [-0.15, -0.1) is 0 Å². The largest absolute Gasteiger partial charge is 0.389 e. The maximum absolute atomic E-state index is 10.00. The quantitative estimate of drug-likeness (QED) is 0.837. The molecule has 0 bridgehead atoms. The first kappa shape index (κ1) is 15.3. The summed E-state index contributed by atoms with van der Waals surface area (Å²) in [6.07, 6.45) is 4.68. The van der Waals surface area contributed by atoms with E-state index in [-0.39, 0.29) is 0 Å². The Morgan fingerprint density at radius 3 is 2.65 bits per heavy atom. The van der Waals surface area contributed by atoms with Gasteiger partial charge in [-0.2, -0.15) is 0 Å². The van der Waals surface area contributed by atoms with E-state index in [1.807, 2.05) is 18.2 Å². The van der Waals surface area contributed by atoms with Crippen molar-refractivity contribution in [1.29, 1.82) is 0 Å². The molecule has 0 spiro atoms. The number of benzene rings is 1. The van der Waals surface area contributed by atoms with Crippen molar-refractivity contribution in [2.45, 2.75) is 51.7 Å². The highest BCUT2D eigenvalue weighted by molar-refractivity contribution is 5.50. The van der Waals surface area contributed by atoms with Crippen molar-refractivity contribution in [3.8, 4) is 0 Å². The average Bonchev–Trinajstić information content (AvgIpc) is 2.46. The molecule has 2 rings (SSSR count). The van der Waals surface area contributed by atoms with Gasteiger partial charge in [0, 0.05) is 12.2 Å². The van der Waals surface area contributed by atoms with Crippen LogP contribution < -0.4 is 5.32 Å². The minimum Gasteiger partial charge on any atom is -0.389 e. The van der Waals surface area contributed by atoms with Crippen LogP contribution in [0.4, 0.5) is 5.69 Å². The Morgan fingerprint density at radius 2 is 1.95 bits per heavy atom. The van der Waals surface area contributed by atoms with Crippen LogP contribution in [0, 0.1) is 12.8 Å². The summed E-state index contributed by atoms with van der Waals surface area (Å²) < 4.78 is 5.82. The molecule has 2 N–H and O–H groups in total. The van der Waals surface area contributed by atoms with Crippen molar-refractivity contribution >= 4 is 5.69 Å². The van der Waals surface area contributed by atoms with Gasteiger partial charge in [0.15, 0.2) is 0 Å². The molecule has 1 saturated carbocycles. The minimum absolute atomic E-state index is 0.347. The van der Waals surface area contributed by atoms with Crippen LogP contribution in [0.2, 0.25) is 0 Å². The number of rotatable bonds is 6. The fraction of sp³-hybridized carbons (Fsp3) is 0.647. The van der Waals surface area contributed by atoms with Gasteiger partial charge in [-0.1, -0.05) is 25.1 Å². The van der Waals surface area contributed by atoms with E-state index in [1.165, 1.54) is 18.4 Å². The third-order valence-electron chi connectivity index (χ3n) is 4.16. The predicted octanol–water partition coefficient (Wildman–Crippen LogP) is 3.36. The molecule has 1 aromatic carbocycles. The maximum Gasteiger partial charge on any atom is 0.0945 e. The lowest BCUT2D eigenvalue weighted by Crippen LogP contribution is -2.29. The second kappa shape index (κ2) is 7.65. The number of aliphatic hydroxyl groups excluding tert-OH is 1. The first-order valence-corrected chi connectivity index (χ1v) is 7.74. The predicted molar refractivity (Wildman–Crippen MR) is 83.0 cm³/mol. The summed E-state index contributed by atoms with van der Waals surface area (Å²) in [5.74, 6) is 0.836. The van der Waals surface area contributed by atoms with Gasteiger partial charge in [0.25, 0.3) is 0 Å². The molecule has 1 aliphatic rings. The zero-order valence-electron chi connectivity index (χ0n) is 12.6. The van der Waals surface area contributed by atoms with E-state index in [0.717, 1.165) is 24.4 Å². The summed E-state index contributed by atoms with van der Waals surface area (Å²) in [5, 5.41) is 13.3. The Balaban J connectivity index is 1.65. The van der Waals surface area contributed by atoms with Crippen molar-refractivity contribution in [2.24, 2.45) is 5.92 Å². The molecule has 1 atom stereocenters. The first-order chi connectivity index (χ1) is 9.65. The molecule has 0 heterocycles. The van der Waals surface area contributed by atoms with E-state index in [2.05, 4.69) is 25.2 Å². The van der Waals surface area contributed by atoms with Crippen molar-refractivity contribution in [2.75, 3.05) is 18.5 Å². The number of para-hydroxylation sites is 1. The zero-order valence-corrected chi connectivity index (χ0v) is 12.6. The number of hydrogen-bond acceptors (Lipinski definition) is 3.